The maximum atomic E-state index is 6.21. The molecular formula is C22H18Cl2N2S. The molecule has 0 aliphatic rings. The molecule has 0 bridgehead atoms. The smallest absolute Gasteiger partial charge is 0.187 e. The van der Waals surface area contributed by atoms with Crippen LogP contribution in [-0.2, 0) is 6.42 Å². The highest BCUT2D eigenvalue weighted by molar-refractivity contribution is 7.16. The molecule has 27 heavy (non-hydrogen) atoms. The number of aromatic nitrogens is 1. The molecule has 136 valence electrons. The van der Waals surface area contributed by atoms with Gasteiger partial charge in [-0.05, 0) is 41.5 Å². The van der Waals surface area contributed by atoms with Gasteiger partial charge in [0, 0.05) is 16.1 Å². The molecule has 0 atom stereocenters. The van der Waals surface area contributed by atoms with Gasteiger partial charge in [0.25, 0.3) is 0 Å². The van der Waals surface area contributed by atoms with Gasteiger partial charge in [-0.1, -0.05) is 72.9 Å². The van der Waals surface area contributed by atoms with Crippen molar-refractivity contribution in [2.24, 2.45) is 0 Å². The summed E-state index contributed by atoms with van der Waals surface area (Å²) in [5, 5.41) is 7.88. The van der Waals surface area contributed by atoms with Gasteiger partial charge in [0.15, 0.2) is 5.13 Å². The van der Waals surface area contributed by atoms with Crippen molar-refractivity contribution in [1.29, 1.82) is 0 Å². The molecule has 0 saturated heterocycles. The van der Waals surface area contributed by atoms with E-state index in [1.165, 1.54) is 15.6 Å². The van der Waals surface area contributed by atoms with Crippen LogP contribution in [0.25, 0.3) is 22.0 Å². The summed E-state index contributed by atoms with van der Waals surface area (Å²) in [6.07, 6.45) is 2.04. The van der Waals surface area contributed by atoms with Gasteiger partial charge in [-0.25, -0.2) is 4.98 Å². The standard InChI is InChI=1S/C22H18Cl2N2S/c1-2-5-20-21(16-9-11-18(23)19(24)13-16)26-22(27-20)25-17-10-8-14-6-3-4-7-15(14)12-17/h3-4,6-13H,2,5H2,1H3,(H,25,26). The fourth-order valence-electron chi connectivity index (χ4n) is 3.06. The van der Waals surface area contributed by atoms with Crippen LogP contribution in [0.5, 0.6) is 0 Å². The van der Waals surface area contributed by atoms with E-state index in [0.717, 1.165) is 34.9 Å². The van der Waals surface area contributed by atoms with Crippen molar-refractivity contribution in [3.8, 4) is 11.3 Å². The van der Waals surface area contributed by atoms with E-state index in [1.807, 2.05) is 18.2 Å². The highest BCUT2D eigenvalue weighted by Crippen LogP contribution is 2.36. The number of hydrogen-bond acceptors (Lipinski definition) is 3. The SMILES string of the molecule is CCCc1sc(Nc2ccc3ccccc3c2)nc1-c1ccc(Cl)c(Cl)c1. The third-order valence-electron chi connectivity index (χ3n) is 4.37. The van der Waals surface area contributed by atoms with E-state index >= 15 is 0 Å². The van der Waals surface area contributed by atoms with Crippen molar-refractivity contribution in [2.45, 2.75) is 19.8 Å². The fraction of sp³-hybridized carbons (Fsp3) is 0.136. The summed E-state index contributed by atoms with van der Waals surface area (Å²) < 4.78 is 0. The number of benzene rings is 3. The Labute approximate surface area is 172 Å². The van der Waals surface area contributed by atoms with Crippen molar-refractivity contribution in [1.82, 2.24) is 4.98 Å². The predicted octanol–water partition coefficient (Wildman–Crippen LogP) is 7.97. The quantitative estimate of drug-likeness (QED) is 0.359. The van der Waals surface area contributed by atoms with Gasteiger partial charge < -0.3 is 5.32 Å². The van der Waals surface area contributed by atoms with Crippen LogP contribution in [0.3, 0.4) is 0 Å². The first-order chi connectivity index (χ1) is 13.1. The minimum Gasteiger partial charge on any atom is -0.332 e. The van der Waals surface area contributed by atoms with E-state index in [0.29, 0.717) is 10.0 Å². The molecule has 3 aromatic carbocycles. The molecule has 0 aliphatic heterocycles. The molecule has 1 N–H and O–H groups in total. The van der Waals surface area contributed by atoms with Gasteiger partial charge in [0.05, 0.1) is 15.7 Å². The van der Waals surface area contributed by atoms with Crippen LogP contribution in [0.4, 0.5) is 10.8 Å². The molecule has 1 aromatic heterocycles. The molecular weight excluding hydrogens is 395 g/mol. The molecule has 5 heteroatoms. The monoisotopic (exact) mass is 412 g/mol. The highest BCUT2D eigenvalue weighted by atomic mass is 35.5. The molecule has 2 nitrogen and oxygen atoms in total. The third kappa shape index (κ3) is 3.96. The molecule has 0 aliphatic carbocycles. The Morgan fingerprint density at radius 2 is 1.74 bits per heavy atom. The number of hydrogen-bond donors (Lipinski definition) is 1. The number of thiazole rings is 1. The lowest BCUT2D eigenvalue weighted by atomic mass is 10.1. The van der Waals surface area contributed by atoms with Gasteiger partial charge in [-0.2, -0.15) is 0 Å². The molecule has 0 radical (unpaired) electrons. The van der Waals surface area contributed by atoms with E-state index in [-0.39, 0.29) is 0 Å². The molecule has 4 aromatic rings. The fourth-order valence-corrected chi connectivity index (χ4v) is 4.46. The summed E-state index contributed by atoms with van der Waals surface area (Å²) >= 11 is 14.0. The topological polar surface area (TPSA) is 24.9 Å². The lowest BCUT2D eigenvalue weighted by Gasteiger charge is -2.04. The van der Waals surface area contributed by atoms with Gasteiger partial charge in [-0.3, -0.25) is 0 Å². The Bertz CT molecular complexity index is 1100. The molecule has 0 fully saturated rings. The van der Waals surface area contributed by atoms with Gasteiger partial charge >= 0.3 is 0 Å². The first-order valence-electron chi connectivity index (χ1n) is 8.85. The van der Waals surface area contributed by atoms with Crippen LogP contribution in [0.2, 0.25) is 10.0 Å². The Morgan fingerprint density at radius 1 is 0.926 bits per heavy atom. The molecule has 0 spiro atoms. The average Bonchev–Trinajstić information content (AvgIpc) is 3.06. The first-order valence-corrected chi connectivity index (χ1v) is 10.4. The van der Waals surface area contributed by atoms with Crippen molar-refractivity contribution in [3.63, 3.8) is 0 Å². The predicted molar refractivity (Wildman–Crippen MR) is 119 cm³/mol. The molecule has 0 amide bonds. The largest absolute Gasteiger partial charge is 0.332 e. The Kier molecular flexibility index (Phi) is 5.35. The summed E-state index contributed by atoms with van der Waals surface area (Å²) in [7, 11) is 0. The number of nitrogens with one attached hydrogen (secondary N) is 1. The van der Waals surface area contributed by atoms with Crippen molar-refractivity contribution in [3.05, 3.63) is 75.6 Å². The first kappa shape index (κ1) is 18.3. The minimum atomic E-state index is 0.550. The maximum absolute atomic E-state index is 6.21. The molecule has 4 rings (SSSR count). The Hall–Kier alpha value is -2.07. The lowest BCUT2D eigenvalue weighted by molar-refractivity contribution is 0.938. The second kappa shape index (κ2) is 7.89. The highest BCUT2D eigenvalue weighted by Gasteiger charge is 2.14. The number of fused-ring (bicyclic) bond motifs is 1. The van der Waals surface area contributed by atoms with E-state index < -0.39 is 0 Å². The number of halogens is 2. The van der Waals surface area contributed by atoms with Crippen LogP contribution in [0.15, 0.2) is 60.7 Å². The van der Waals surface area contributed by atoms with Crippen molar-refractivity contribution >= 4 is 56.1 Å². The van der Waals surface area contributed by atoms with Crippen LogP contribution < -0.4 is 5.32 Å². The van der Waals surface area contributed by atoms with Crippen LogP contribution >= 0.6 is 34.5 Å². The lowest BCUT2D eigenvalue weighted by Crippen LogP contribution is -1.90. The third-order valence-corrected chi connectivity index (χ3v) is 6.14. The van der Waals surface area contributed by atoms with E-state index in [1.54, 1.807) is 11.3 Å². The van der Waals surface area contributed by atoms with E-state index in [2.05, 4.69) is 54.7 Å². The zero-order chi connectivity index (χ0) is 18.8. The number of rotatable bonds is 5. The normalized spacial score (nSPS) is 11.1. The van der Waals surface area contributed by atoms with E-state index in [9.17, 15) is 0 Å². The summed E-state index contributed by atoms with van der Waals surface area (Å²) in [6, 6.07) is 20.4. The van der Waals surface area contributed by atoms with Crippen molar-refractivity contribution in [2.75, 3.05) is 5.32 Å². The van der Waals surface area contributed by atoms with Gasteiger partial charge in [0.2, 0.25) is 0 Å². The Balaban J connectivity index is 1.69. The van der Waals surface area contributed by atoms with Crippen LogP contribution in [0, 0.1) is 0 Å². The van der Waals surface area contributed by atoms with Gasteiger partial charge in [-0.15, -0.1) is 11.3 Å². The molecule has 0 unspecified atom stereocenters. The average molecular weight is 413 g/mol. The second-order valence-corrected chi connectivity index (χ2v) is 8.25. The van der Waals surface area contributed by atoms with Gasteiger partial charge in [0.1, 0.15) is 0 Å². The van der Waals surface area contributed by atoms with Crippen molar-refractivity contribution < 1.29 is 0 Å². The molecule has 0 saturated carbocycles. The summed E-state index contributed by atoms with van der Waals surface area (Å²) in [5.41, 5.74) is 3.01. The minimum absolute atomic E-state index is 0.550. The summed E-state index contributed by atoms with van der Waals surface area (Å²) in [4.78, 5) is 6.10. The van der Waals surface area contributed by atoms with Crippen LogP contribution in [0.1, 0.15) is 18.2 Å². The number of anilines is 2. The van der Waals surface area contributed by atoms with E-state index in [4.69, 9.17) is 28.2 Å². The maximum Gasteiger partial charge on any atom is 0.187 e. The summed E-state index contributed by atoms with van der Waals surface area (Å²) in [6.45, 7) is 2.18. The number of aryl methyl sites for hydroxylation is 1. The van der Waals surface area contributed by atoms with Crippen LogP contribution in [-0.4, -0.2) is 4.98 Å². The molecule has 1 heterocycles. The zero-order valence-corrected chi connectivity index (χ0v) is 17.1. The number of nitrogens with zero attached hydrogens (tertiary/aromatic N) is 1. The zero-order valence-electron chi connectivity index (χ0n) is 14.8. The second-order valence-electron chi connectivity index (χ2n) is 6.36. The Morgan fingerprint density at radius 3 is 2.52 bits per heavy atom. The summed E-state index contributed by atoms with van der Waals surface area (Å²) in [5.74, 6) is 0.